The van der Waals surface area contributed by atoms with Crippen molar-refractivity contribution < 1.29 is 0 Å². The summed E-state index contributed by atoms with van der Waals surface area (Å²) in [5, 5.41) is 4.12. The smallest absolute Gasteiger partial charge is 0.202 e. The highest BCUT2D eigenvalue weighted by Crippen LogP contribution is 2.19. The maximum atomic E-state index is 4.43. The van der Waals surface area contributed by atoms with E-state index in [1.165, 1.54) is 11.5 Å². The van der Waals surface area contributed by atoms with Gasteiger partial charge in [0.15, 0.2) is 5.82 Å². The number of anilines is 1. The molecule has 0 aliphatic rings. The van der Waals surface area contributed by atoms with Crippen LogP contribution in [0.15, 0.2) is 18.2 Å². The Balaban J connectivity index is 2.12. The lowest BCUT2D eigenvalue weighted by Gasteiger charge is -2.03. The molecule has 90 valence electrons. The summed E-state index contributed by atoms with van der Waals surface area (Å²) in [6, 6.07) is 5.87. The van der Waals surface area contributed by atoms with Crippen LogP contribution < -0.4 is 5.32 Å². The first-order valence-electron chi connectivity index (χ1n) is 5.67. The van der Waals surface area contributed by atoms with Crippen LogP contribution in [0, 0.1) is 12.8 Å². The van der Waals surface area contributed by atoms with Crippen molar-refractivity contribution >= 4 is 16.7 Å². The molecule has 2 rings (SSSR count). The average molecular weight is 248 g/mol. The fourth-order valence-electron chi connectivity index (χ4n) is 1.36. The number of aromatic nitrogens is 3. The minimum atomic E-state index is 0.597. The third kappa shape index (κ3) is 3.23. The van der Waals surface area contributed by atoms with E-state index in [-0.39, 0.29) is 0 Å². The largest absolute Gasteiger partial charge is 0.360 e. The van der Waals surface area contributed by atoms with Crippen LogP contribution in [0.4, 0.5) is 5.13 Å². The van der Waals surface area contributed by atoms with Crippen LogP contribution in [0.2, 0.25) is 0 Å². The van der Waals surface area contributed by atoms with E-state index in [1.54, 1.807) is 0 Å². The normalized spacial score (nSPS) is 10.8. The monoisotopic (exact) mass is 248 g/mol. The number of nitrogens with zero attached hydrogens (tertiary/aromatic N) is 3. The summed E-state index contributed by atoms with van der Waals surface area (Å²) in [6.45, 7) is 7.21. The van der Waals surface area contributed by atoms with Crippen LogP contribution in [-0.2, 0) is 0 Å². The molecule has 0 atom stereocenters. The van der Waals surface area contributed by atoms with E-state index in [2.05, 4.69) is 33.5 Å². The lowest BCUT2D eigenvalue weighted by Crippen LogP contribution is -2.07. The standard InChI is InChI=1S/C12H16N4S/c1-8(2)7-13-12-15-11(16-17-12)10-6-4-5-9(3)14-10/h4-6,8H,7H2,1-3H3,(H,13,15,16). The van der Waals surface area contributed by atoms with Gasteiger partial charge in [0.05, 0.1) is 0 Å². The highest BCUT2D eigenvalue weighted by Gasteiger charge is 2.07. The highest BCUT2D eigenvalue weighted by molar-refractivity contribution is 7.09. The Morgan fingerprint density at radius 1 is 1.29 bits per heavy atom. The summed E-state index contributed by atoms with van der Waals surface area (Å²) in [4.78, 5) is 8.83. The van der Waals surface area contributed by atoms with Crippen LogP contribution in [-0.4, -0.2) is 20.9 Å². The summed E-state index contributed by atoms with van der Waals surface area (Å²) in [5.74, 6) is 1.30. The van der Waals surface area contributed by atoms with Crippen molar-refractivity contribution in [2.75, 3.05) is 11.9 Å². The first kappa shape index (κ1) is 12.0. The highest BCUT2D eigenvalue weighted by atomic mass is 32.1. The van der Waals surface area contributed by atoms with Gasteiger partial charge in [-0.15, -0.1) is 0 Å². The Labute approximate surface area is 105 Å². The van der Waals surface area contributed by atoms with Gasteiger partial charge in [0, 0.05) is 23.8 Å². The van der Waals surface area contributed by atoms with Crippen LogP contribution in [0.5, 0.6) is 0 Å². The molecule has 0 saturated heterocycles. The van der Waals surface area contributed by atoms with Gasteiger partial charge in [-0.05, 0) is 25.0 Å². The SMILES string of the molecule is Cc1cccc(-c2nsc(NCC(C)C)n2)n1. The molecular weight excluding hydrogens is 232 g/mol. The molecule has 0 bridgehead atoms. The molecule has 17 heavy (non-hydrogen) atoms. The average Bonchev–Trinajstić information content (AvgIpc) is 2.75. The number of hydrogen-bond acceptors (Lipinski definition) is 5. The minimum absolute atomic E-state index is 0.597. The van der Waals surface area contributed by atoms with Crippen molar-refractivity contribution in [3.63, 3.8) is 0 Å². The minimum Gasteiger partial charge on any atom is -0.360 e. The van der Waals surface area contributed by atoms with Crippen molar-refractivity contribution in [1.82, 2.24) is 14.3 Å². The first-order chi connectivity index (χ1) is 8.15. The van der Waals surface area contributed by atoms with E-state index in [9.17, 15) is 0 Å². The Kier molecular flexibility index (Phi) is 3.68. The van der Waals surface area contributed by atoms with Crippen molar-refractivity contribution in [2.45, 2.75) is 20.8 Å². The zero-order valence-electron chi connectivity index (χ0n) is 10.3. The molecule has 2 heterocycles. The van der Waals surface area contributed by atoms with Crippen molar-refractivity contribution in [3.8, 4) is 11.5 Å². The summed E-state index contributed by atoms with van der Waals surface area (Å²) in [6.07, 6.45) is 0. The molecule has 0 unspecified atom stereocenters. The van der Waals surface area contributed by atoms with E-state index in [1.807, 2.05) is 25.1 Å². The molecule has 0 saturated carbocycles. The molecule has 0 radical (unpaired) electrons. The van der Waals surface area contributed by atoms with Gasteiger partial charge in [0.2, 0.25) is 5.13 Å². The molecule has 2 aromatic heterocycles. The number of hydrogen-bond donors (Lipinski definition) is 1. The van der Waals surface area contributed by atoms with Gasteiger partial charge in [0.25, 0.3) is 0 Å². The first-order valence-corrected chi connectivity index (χ1v) is 6.44. The summed E-state index contributed by atoms with van der Waals surface area (Å²) in [5.41, 5.74) is 1.81. The Bertz CT molecular complexity index is 493. The van der Waals surface area contributed by atoms with Crippen LogP contribution in [0.25, 0.3) is 11.5 Å². The number of aryl methyl sites for hydroxylation is 1. The fraction of sp³-hybridized carbons (Fsp3) is 0.417. The molecule has 0 spiro atoms. The van der Waals surface area contributed by atoms with Gasteiger partial charge >= 0.3 is 0 Å². The summed E-state index contributed by atoms with van der Waals surface area (Å²) in [7, 11) is 0. The number of pyridine rings is 1. The third-order valence-electron chi connectivity index (χ3n) is 2.20. The van der Waals surface area contributed by atoms with Crippen molar-refractivity contribution in [3.05, 3.63) is 23.9 Å². The third-order valence-corrected chi connectivity index (χ3v) is 2.88. The van der Waals surface area contributed by atoms with Crippen molar-refractivity contribution in [1.29, 1.82) is 0 Å². The van der Waals surface area contributed by atoms with Gasteiger partial charge in [-0.1, -0.05) is 19.9 Å². The predicted octanol–water partition coefficient (Wildman–Crippen LogP) is 2.98. The van der Waals surface area contributed by atoms with Crippen LogP contribution in [0.1, 0.15) is 19.5 Å². The number of rotatable bonds is 4. The van der Waals surface area contributed by atoms with E-state index < -0.39 is 0 Å². The van der Waals surface area contributed by atoms with Gasteiger partial charge in [-0.3, -0.25) is 0 Å². The van der Waals surface area contributed by atoms with Gasteiger partial charge in [0.1, 0.15) is 5.69 Å². The maximum Gasteiger partial charge on any atom is 0.202 e. The summed E-state index contributed by atoms with van der Waals surface area (Å²) >= 11 is 1.38. The molecule has 0 fully saturated rings. The molecule has 0 aliphatic heterocycles. The van der Waals surface area contributed by atoms with E-state index >= 15 is 0 Å². The van der Waals surface area contributed by atoms with Crippen LogP contribution >= 0.6 is 11.5 Å². The molecule has 0 aliphatic carbocycles. The molecule has 4 nitrogen and oxygen atoms in total. The quantitative estimate of drug-likeness (QED) is 0.903. The van der Waals surface area contributed by atoms with E-state index in [0.717, 1.165) is 23.1 Å². The Morgan fingerprint density at radius 3 is 2.82 bits per heavy atom. The van der Waals surface area contributed by atoms with Gasteiger partial charge in [-0.2, -0.15) is 9.36 Å². The zero-order chi connectivity index (χ0) is 12.3. The van der Waals surface area contributed by atoms with Crippen LogP contribution in [0.3, 0.4) is 0 Å². The van der Waals surface area contributed by atoms with E-state index in [4.69, 9.17) is 0 Å². The molecular formula is C12H16N4S. The Morgan fingerprint density at radius 2 is 2.12 bits per heavy atom. The lowest BCUT2D eigenvalue weighted by molar-refractivity contribution is 0.688. The fourth-order valence-corrected chi connectivity index (χ4v) is 1.94. The van der Waals surface area contributed by atoms with Gasteiger partial charge < -0.3 is 5.32 Å². The second-order valence-corrected chi connectivity index (χ2v) is 5.11. The number of nitrogens with one attached hydrogen (secondary N) is 1. The zero-order valence-corrected chi connectivity index (χ0v) is 11.1. The molecule has 0 aromatic carbocycles. The van der Waals surface area contributed by atoms with E-state index in [0.29, 0.717) is 11.7 Å². The predicted molar refractivity (Wildman–Crippen MR) is 71.2 cm³/mol. The van der Waals surface area contributed by atoms with Gasteiger partial charge in [-0.25, -0.2) is 4.98 Å². The maximum absolute atomic E-state index is 4.43. The van der Waals surface area contributed by atoms with Crippen molar-refractivity contribution in [2.24, 2.45) is 5.92 Å². The summed E-state index contributed by atoms with van der Waals surface area (Å²) < 4.78 is 4.31. The molecule has 2 aromatic rings. The molecule has 5 heteroatoms. The topological polar surface area (TPSA) is 50.7 Å². The second kappa shape index (κ2) is 5.23. The Hall–Kier alpha value is -1.49. The molecule has 0 amide bonds. The second-order valence-electron chi connectivity index (χ2n) is 4.36. The molecule has 1 N–H and O–H groups in total. The lowest BCUT2D eigenvalue weighted by atomic mass is 10.2.